The molecule has 1 atom stereocenters. The molecular formula is C23H27NO. The Morgan fingerprint density at radius 3 is 1.92 bits per heavy atom. The Hall–Kier alpha value is -1.93. The Balaban J connectivity index is 1.58. The number of benzene rings is 2. The van der Waals surface area contributed by atoms with E-state index in [1.54, 1.807) is 0 Å². The maximum atomic E-state index is 13.3. The first kappa shape index (κ1) is 16.5. The summed E-state index contributed by atoms with van der Waals surface area (Å²) in [5, 5.41) is 0. The number of ketones is 1. The Labute approximate surface area is 150 Å². The first-order valence-electron chi connectivity index (χ1n) is 9.66. The van der Waals surface area contributed by atoms with Crippen molar-refractivity contribution < 1.29 is 4.79 Å². The highest BCUT2D eigenvalue weighted by Gasteiger charge is 2.32. The lowest BCUT2D eigenvalue weighted by molar-refractivity contribution is 0.0929. The van der Waals surface area contributed by atoms with Crippen molar-refractivity contribution in [2.24, 2.45) is 11.8 Å². The van der Waals surface area contributed by atoms with Gasteiger partial charge in [-0.15, -0.1) is 0 Å². The van der Waals surface area contributed by atoms with Crippen LogP contribution in [-0.2, 0) is 0 Å². The van der Waals surface area contributed by atoms with E-state index in [4.69, 9.17) is 0 Å². The molecule has 1 saturated carbocycles. The Morgan fingerprint density at radius 2 is 1.36 bits per heavy atom. The number of hydrogen-bond acceptors (Lipinski definition) is 2. The zero-order valence-electron chi connectivity index (χ0n) is 14.8. The summed E-state index contributed by atoms with van der Waals surface area (Å²) in [7, 11) is 0. The third-order valence-electron chi connectivity index (χ3n) is 6.02. The molecule has 2 heteroatoms. The van der Waals surface area contributed by atoms with Gasteiger partial charge in [0.25, 0.3) is 0 Å². The summed E-state index contributed by atoms with van der Waals surface area (Å²) < 4.78 is 0. The molecule has 3 fully saturated rings. The molecule has 2 saturated heterocycles. The SMILES string of the molecule is O=C(c1ccccc1)[C@@H](CN1CC2CCC(CC2)C1)c1ccccc1. The molecule has 0 amide bonds. The highest BCUT2D eigenvalue weighted by Crippen LogP contribution is 2.35. The maximum Gasteiger partial charge on any atom is 0.171 e. The molecule has 2 heterocycles. The summed E-state index contributed by atoms with van der Waals surface area (Å²) in [6.07, 6.45) is 5.52. The second-order valence-electron chi connectivity index (χ2n) is 7.80. The molecule has 0 aromatic heterocycles. The lowest BCUT2D eigenvalue weighted by Gasteiger charge is -2.27. The van der Waals surface area contributed by atoms with Gasteiger partial charge in [-0.05, 0) is 43.1 Å². The smallest absolute Gasteiger partial charge is 0.171 e. The lowest BCUT2D eigenvalue weighted by Crippen LogP contribution is -2.35. The third kappa shape index (κ3) is 3.85. The first-order valence-corrected chi connectivity index (χ1v) is 9.66. The van der Waals surface area contributed by atoms with Crippen LogP contribution in [0.2, 0.25) is 0 Å². The van der Waals surface area contributed by atoms with Crippen LogP contribution in [0, 0.1) is 11.8 Å². The maximum absolute atomic E-state index is 13.3. The minimum absolute atomic E-state index is 0.0684. The molecule has 130 valence electrons. The number of fused-ring (bicyclic) bond motifs is 4. The van der Waals surface area contributed by atoms with Crippen molar-refractivity contribution in [2.75, 3.05) is 19.6 Å². The van der Waals surface area contributed by atoms with Crippen LogP contribution in [0.1, 0.15) is 47.5 Å². The van der Waals surface area contributed by atoms with Crippen molar-refractivity contribution in [1.82, 2.24) is 4.90 Å². The van der Waals surface area contributed by atoms with E-state index in [0.717, 1.165) is 29.5 Å². The predicted octanol–water partition coefficient (Wildman–Crippen LogP) is 4.78. The van der Waals surface area contributed by atoms with E-state index in [1.807, 2.05) is 48.5 Å². The highest BCUT2D eigenvalue weighted by molar-refractivity contribution is 6.01. The van der Waals surface area contributed by atoms with Crippen molar-refractivity contribution in [2.45, 2.75) is 31.6 Å². The molecule has 0 unspecified atom stereocenters. The predicted molar refractivity (Wildman–Crippen MR) is 102 cm³/mol. The molecule has 5 rings (SSSR count). The van der Waals surface area contributed by atoms with Crippen LogP contribution in [0.3, 0.4) is 0 Å². The average molecular weight is 333 g/mol. The number of hydrogen-bond donors (Lipinski definition) is 0. The van der Waals surface area contributed by atoms with E-state index in [2.05, 4.69) is 17.0 Å². The molecule has 2 nitrogen and oxygen atoms in total. The Kier molecular flexibility index (Phi) is 4.98. The van der Waals surface area contributed by atoms with Gasteiger partial charge in [-0.2, -0.15) is 0 Å². The molecule has 2 bridgehead atoms. The van der Waals surface area contributed by atoms with E-state index in [0.29, 0.717) is 0 Å². The zero-order chi connectivity index (χ0) is 17.1. The van der Waals surface area contributed by atoms with Crippen molar-refractivity contribution in [3.63, 3.8) is 0 Å². The molecule has 0 spiro atoms. The number of Topliss-reactive ketones (excluding diaryl/α,β-unsaturated/α-hetero) is 1. The van der Waals surface area contributed by atoms with Gasteiger partial charge in [-0.3, -0.25) is 4.79 Å². The van der Waals surface area contributed by atoms with E-state index >= 15 is 0 Å². The highest BCUT2D eigenvalue weighted by atomic mass is 16.1. The summed E-state index contributed by atoms with van der Waals surface area (Å²) in [5.74, 6) is 1.86. The molecule has 2 aliphatic heterocycles. The normalized spacial score (nSPS) is 24.6. The quantitative estimate of drug-likeness (QED) is 0.734. The third-order valence-corrected chi connectivity index (χ3v) is 6.02. The van der Waals surface area contributed by atoms with Crippen LogP contribution in [-0.4, -0.2) is 30.3 Å². The fraction of sp³-hybridized carbons (Fsp3) is 0.435. The van der Waals surface area contributed by atoms with Gasteiger partial charge < -0.3 is 4.90 Å². The largest absolute Gasteiger partial charge is 0.302 e. The number of carbonyl (C=O) groups excluding carboxylic acids is 1. The van der Waals surface area contributed by atoms with E-state index in [-0.39, 0.29) is 11.7 Å². The van der Waals surface area contributed by atoms with Crippen LogP contribution in [0.5, 0.6) is 0 Å². The van der Waals surface area contributed by atoms with Gasteiger partial charge in [-0.25, -0.2) is 0 Å². The molecule has 0 radical (unpaired) electrons. The molecular weight excluding hydrogens is 306 g/mol. The Morgan fingerprint density at radius 1 is 0.840 bits per heavy atom. The first-order chi connectivity index (χ1) is 12.3. The van der Waals surface area contributed by atoms with Crippen molar-refractivity contribution >= 4 is 5.78 Å². The summed E-state index contributed by atoms with van der Waals surface area (Å²) in [6, 6.07) is 20.1. The minimum atomic E-state index is -0.0684. The van der Waals surface area contributed by atoms with Gasteiger partial charge in [0, 0.05) is 25.2 Å². The summed E-state index contributed by atoms with van der Waals surface area (Å²) >= 11 is 0. The summed E-state index contributed by atoms with van der Waals surface area (Å²) in [5.41, 5.74) is 1.97. The van der Waals surface area contributed by atoms with Gasteiger partial charge in [0.1, 0.15) is 0 Å². The Bertz CT molecular complexity index is 675. The molecule has 2 aromatic rings. The standard InChI is InChI=1S/C23H27NO/c25-23(21-9-5-2-6-10-21)22(20-7-3-1-4-8-20)17-24-15-18-11-12-19(16-24)14-13-18/h1-10,18-19,22H,11-17H2/t18?,19?,22-/m0/s1. The van der Waals surface area contributed by atoms with Crippen molar-refractivity contribution in [3.8, 4) is 0 Å². The van der Waals surface area contributed by atoms with E-state index < -0.39 is 0 Å². The molecule has 2 aromatic carbocycles. The van der Waals surface area contributed by atoms with Gasteiger partial charge in [0.15, 0.2) is 5.78 Å². The van der Waals surface area contributed by atoms with E-state index in [1.165, 1.54) is 38.8 Å². The summed E-state index contributed by atoms with van der Waals surface area (Å²) in [6.45, 7) is 3.19. The van der Waals surface area contributed by atoms with Crippen LogP contribution in [0.15, 0.2) is 60.7 Å². The molecule has 1 aliphatic carbocycles. The zero-order valence-corrected chi connectivity index (χ0v) is 14.8. The average Bonchev–Trinajstić information content (AvgIpc) is 3.00. The molecule has 3 aliphatic rings. The van der Waals surface area contributed by atoms with Crippen LogP contribution in [0.25, 0.3) is 0 Å². The van der Waals surface area contributed by atoms with Crippen LogP contribution < -0.4 is 0 Å². The molecule has 25 heavy (non-hydrogen) atoms. The fourth-order valence-electron chi connectivity index (χ4n) is 4.64. The minimum Gasteiger partial charge on any atom is -0.302 e. The summed E-state index contributed by atoms with van der Waals surface area (Å²) in [4.78, 5) is 15.8. The lowest BCUT2D eigenvalue weighted by atomic mass is 9.84. The fourth-order valence-corrected chi connectivity index (χ4v) is 4.64. The van der Waals surface area contributed by atoms with Crippen LogP contribution >= 0.6 is 0 Å². The number of rotatable bonds is 5. The van der Waals surface area contributed by atoms with Crippen molar-refractivity contribution in [3.05, 3.63) is 71.8 Å². The second kappa shape index (κ2) is 7.53. The number of nitrogens with zero attached hydrogens (tertiary/aromatic N) is 1. The van der Waals surface area contributed by atoms with Crippen LogP contribution in [0.4, 0.5) is 0 Å². The van der Waals surface area contributed by atoms with Crippen molar-refractivity contribution in [1.29, 1.82) is 0 Å². The van der Waals surface area contributed by atoms with E-state index in [9.17, 15) is 4.79 Å². The van der Waals surface area contributed by atoms with Gasteiger partial charge in [-0.1, -0.05) is 60.7 Å². The molecule has 0 N–H and O–H groups in total. The monoisotopic (exact) mass is 333 g/mol. The van der Waals surface area contributed by atoms with Gasteiger partial charge in [0.2, 0.25) is 0 Å². The van der Waals surface area contributed by atoms with Gasteiger partial charge in [0.05, 0.1) is 5.92 Å². The second-order valence-corrected chi connectivity index (χ2v) is 7.80. The number of carbonyl (C=O) groups is 1. The van der Waals surface area contributed by atoms with Gasteiger partial charge >= 0.3 is 0 Å². The topological polar surface area (TPSA) is 20.3 Å².